The summed E-state index contributed by atoms with van der Waals surface area (Å²) in [6.45, 7) is 6.30. The Morgan fingerprint density at radius 1 is 0.500 bits per heavy atom. The number of carbonyl (C=O) groups is 2. The van der Waals surface area contributed by atoms with E-state index < -0.39 is 18.2 Å². The number of carbonyl (C=O) groups excluding carboxylic acids is 2. The van der Waals surface area contributed by atoms with Crippen LogP contribution in [-0.2, 0) is 14.3 Å². The number of aliphatic hydroxyl groups excluding tert-OH is 2. The second-order valence-electron chi connectivity index (χ2n) is 17.0. The Bertz CT molecular complexity index is 1120. The largest absolute Gasteiger partial charge is 0.462 e. The van der Waals surface area contributed by atoms with E-state index in [9.17, 15) is 19.8 Å². The number of ether oxygens (including phenoxy) is 1. The molecule has 6 heteroatoms. The molecule has 0 saturated heterocycles. The molecule has 3 atom stereocenters. The first kappa shape index (κ1) is 57.3. The first-order chi connectivity index (χ1) is 29.5. The van der Waals surface area contributed by atoms with E-state index in [4.69, 9.17) is 4.74 Å². The van der Waals surface area contributed by atoms with Crippen LogP contribution in [0.25, 0.3) is 0 Å². The molecule has 0 bridgehead atoms. The maximum absolute atomic E-state index is 13.2. The smallest absolute Gasteiger partial charge is 0.306 e. The van der Waals surface area contributed by atoms with Gasteiger partial charge in [0.05, 0.1) is 25.2 Å². The summed E-state index contributed by atoms with van der Waals surface area (Å²) in [5.41, 5.74) is 0. The van der Waals surface area contributed by atoms with Crippen LogP contribution in [0.3, 0.4) is 0 Å². The van der Waals surface area contributed by atoms with Gasteiger partial charge in [0.2, 0.25) is 5.91 Å². The zero-order chi connectivity index (χ0) is 43.8. The van der Waals surface area contributed by atoms with Crippen LogP contribution in [0.5, 0.6) is 0 Å². The number of rotatable bonds is 44. The monoisotopic (exact) mass is 838 g/mol. The Kier molecular flexibility index (Phi) is 45.2. The minimum absolute atomic E-state index is 0.0260. The molecule has 60 heavy (non-hydrogen) atoms. The molecule has 0 heterocycles. The molecule has 0 saturated carbocycles. The van der Waals surface area contributed by atoms with Crippen LogP contribution in [0.15, 0.2) is 72.9 Å². The molecular formula is C54H95NO5. The highest BCUT2D eigenvalue weighted by Gasteiger charge is 2.24. The number of amides is 1. The third-order valence-corrected chi connectivity index (χ3v) is 11.2. The summed E-state index contributed by atoms with van der Waals surface area (Å²) in [6, 6.07) is -0.726. The summed E-state index contributed by atoms with van der Waals surface area (Å²) in [5, 5.41) is 23.7. The maximum atomic E-state index is 13.2. The number of hydrogen-bond acceptors (Lipinski definition) is 5. The van der Waals surface area contributed by atoms with Gasteiger partial charge in [-0.1, -0.05) is 254 Å². The molecule has 1 amide bonds. The molecule has 0 aliphatic carbocycles. The number of nitrogens with one attached hydrogen (secondary N) is 1. The van der Waals surface area contributed by atoms with E-state index in [0.29, 0.717) is 19.3 Å². The van der Waals surface area contributed by atoms with Crippen molar-refractivity contribution in [1.29, 1.82) is 0 Å². The number of hydrogen-bond donors (Lipinski definition) is 3. The molecule has 3 N–H and O–H groups in total. The summed E-state index contributed by atoms with van der Waals surface area (Å²) in [6.07, 6.45) is 59.7. The zero-order valence-corrected chi connectivity index (χ0v) is 39.3. The molecule has 0 aromatic heterocycles. The minimum Gasteiger partial charge on any atom is -0.462 e. The van der Waals surface area contributed by atoms with E-state index in [1.165, 1.54) is 128 Å². The van der Waals surface area contributed by atoms with Crippen LogP contribution in [0, 0.1) is 0 Å². The maximum Gasteiger partial charge on any atom is 0.306 e. The lowest BCUT2D eigenvalue weighted by Gasteiger charge is -2.24. The summed E-state index contributed by atoms with van der Waals surface area (Å²) in [5.74, 6) is -0.547. The van der Waals surface area contributed by atoms with Crippen molar-refractivity contribution in [3.63, 3.8) is 0 Å². The molecule has 3 unspecified atom stereocenters. The van der Waals surface area contributed by atoms with Crippen LogP contribution >= 0.6 is 0 Å². The lowest BCUT2D eigenvalue weighted by molar-refractivity contribution is -0.151. The van der Waals surface area contributed by atoms with Crippen molar-refractivity contribution >= 4 is 11.9 Å². The molecule has 0 aromatic carbocycles. The second-order valence-corrected chi connectivity index (χ2v) is 17.0. The van der Waals surface area contributed by atoms with Crippen molar-refractivity contribution < 1.29 is 24.5 Å². The van der Waals surface area contributed by atoms with Crippen LogP contribution in [0.2, 0.25) is 0 Å². The summed E-state index contributed by atoms with van der Waals surface area (Å²) < 4.78 is 5.89. The van der Waals surface area contributed by atoms with E-state index in [0.717, 1.165) is 57.8 Å². The number of allylic oxidation sites excluding steroid dienone is 12. The average Bonchev–Trinajstić information content (AvgIpc) is 3.24. The van der Waals surface area contributed by atoms with Gasteiger partial charge in [-0.05, 0) is 38.5 Å². The van der Waals surface area contributed by atoms with Gasteiger partial charge >= 0.3 is 5.97 Å². The predicted molar refractivity (Wildman–Crippen MR) is 259 cm³/mol. The molecule has 0 rings (SSSR count). The van der Waals surface area contributed by atoms with Crippen molar-refractivity contribution in [3.05, 3.63) is 72.9 Å². The van der Waals surface area contributed by atoms with Gasteiger partial charge in [0, 0.05) is 6.42 Å². The van der Waals surface area contributed by atoms with E-state index in [1.807, 2.05) is 60.8 Å². The highest BCUT2D eigenvalue weighted by atomic mass is 16.5. The van der Waals surface area contributed by atoms with Crippen molar-refractivity contribution in [1.82, 2.24) is 5.32 Å². The Morgan fingerprint density at radius 2 is 0.900 bits per heavy atom. The molecule has 6 nitrogen and oxygen atoms in total. The van der Waals surface area contributed by atoms with Gasteiger partial charge in [0.1, 0.15) is 6.10 Å². The average molecular weight is 838 g/mol. The zero-order valence-electron chi connectivity index (χ0n) is 39.3. The first-order valence-corrected chi connectivity index (χ1v) is 25.2. The summed E-state index contributed by atoms with van der Waals surface area (Å²) >= 11 is 0. The third-order valence-electron chi connectivity index (χ3n) is 11.2. The molecule has 0 radical (unpaired) electrons. The second kappa shape index (κ2) is 47.4. The van der Waals surface area contributed by atoms with E-state index in [1.54, 1.807) is 0 Å². The Balaban J connectivity index is 4.71. The fraction of sp³-hybridized carbons (Fsp3) is 0.741. The van der Waals surface area contributed by atoms with E-state index in [-0.39, 0.29) is 24.9 Å². The highest BCUT2D eigenvalue weighted by molar-refractivity contribution is 5.77. The van der Waals surface area contributed by atoms with E-state index in [2.05, 4.69) is 38.2 Å². The number of esters is 1. The topological polar surface area (TPSA) is 95.9 Å². The lowest BCUT2D eigenvalue weighted by Crippen LogP contribution is -2.46. The van der Waals surface area contributed by atoms with E-state index >= 15 is 0 Å². The predicted octanol–water partition coefficient (Wildman–Crippen LogP) is 15.0. The van der Waals surface area contributed by atoms with Gasteiger partial charge in [-0.3, -0.25) is 9.59 Å². The fourth-order valence-electron chi connectivity index (χ4n) is 7.41. The molecule has 0 aliphatic heterocycles. The standard InChI is InChI=1S/C54H95NO5/c1-4-7-10-13-16-19-22-24-26-28-30-32-35-38-41-44-47-54(59)60-50(45-42-39-36-33-31-29-27-25-23-20-17-14-11-8-5-2)48-53(58)55-51(49-56)52(57)46-43-40-37-34-21-18-15-12-9-6-3/h8,11,14,17,20,23,25,27,29,31,33,36,50-52,56-57H,4-7,9-10,12-13,15-16,18-19,21-22,24,26,28,30,32,34-35,37-49H2,1-3H3,(H,55,58)/b11-8-,17-14+,23-20+,27-25-,31-29+,36-33+. The van der Waals surface area contributed by atoms with Crippen LogP contribution in [0.4, 0.5) is 0 Å². The Morgan fingerprint density at radius 3 is 1.33 bits per heavy atom. The van der Waals surface area contributed by atoms with Crippen LogP contribution < -0.4 is 5.32 Å². The Hall–Kier alpha value is -2.70. The third kappa shape index (κ3) is 42.0. The summed E-state index contributed by atoms with van der Waals surface area (Å²) in [7, 11) is 0. The van der Waals surface area contributed by atoms with Crippen molar-refractivity contribution in [2.45, 2.75) is 251 Å². The van der Waals surface area contributed by atoms with Crippen molar-refractivity contribution in [2.24, 2.45) is 0 Å². The molecule has 0 fully saturated rings. The molecule has 0 spiro atoms. The number of unbranched alkanes of at least 4 members (excludes halogenated alkanes) is 25. The van der Waals surface area contributed by atoms with Gasteiger partial charge in [0.15, 0.2) is 0 Å². The molecule has 0 aliphatic rings. The number of aliphatic hydroxyl groups is 2. The Labute approximate surface area is 371 Å². The van der Waals surface area contributed by atoms with Gasteiger partial charge in [-0.15, -0.1) is 0 Å². The SMILES string of the molecule is CC\C=C/C=C/C=C/C=C\C=C\C=C\CCCC(CC(=O)NC(CO)C(O)CCCCCCCCCCCC)OC(=O)CCCCCCCCCCCCCCCCCC. The quantitative estimate of drug-likeness (QED) is 0.0323. The van der Waals surface area contributed by atoms with Gasteiger partial charge in [-0.2, -0.15) is 0 Å². The van der Waals surface area contributed by atoms with Crippen LogP contribution in [-0.4, -0.2) is 46.9 Å². The van der Waals surface area contributed by atoms with Gasteiger partial charge in [0.25, 0.3) is 0 Å². The normalized spacial score (nSPS) is 13.9. The van der Waals surface area contributed by atoms with Crippen molar-refractivity contribution in [3.8, 4) is 0 Å². The first-order valence-electron chi connectivity index (χ1n) is 25.2. The van der Waals surface area contributed by atoms with Crippen molar-refractivity contribution in [2.75, 3.05) is 6.61 Å². The minimum atomic E-state index is -0.808. The molecular weight excluding hydrogens is 743 g/mol. The van der Waals surface area contributed by atoms with Crippen LogP contribution in [0.1, 0.15) is 233 Å². The highest BCUT2D eigenvalue weighted by Crippen LogP contribution is 2.17. The van der Waals surface area contributed by atoms with Gasteiger partial charge in [-0.25, -0.2) is 0 Å². The van der Waals surface area contributed by atoms with Gasteiger partial charge < -0.3 is 20.3 Å². The fourth-order valence-corrected chi connectivity index (χ4v) is 7.41. The molecule has 0 aromatic rings. The lowest BCUT2D eigenvalue weighted by atomic mass is 10.0. The summed E-state index contributed by atoms with van der Waals surface area (Å²) in [4.78, 5) is 26.1. The molecule has 346 valence electrons.